The molecule has 4 saturated heterocycles. The topological polar surface area (TPSA) is 207 Å². The van der Waals surface area contributed by atoms with E-state index >= 15 is 0 Å². The van der Waals surface area contributed by atoms with E-state index in [1.807, 2.05) is 12.1 Å². The molecule has 0 radical (unpaired) electrons. The number of fused-ring (bicyclic) bond motifs is 2. The highest BCUT2D eigenvalue weighted by Crippen LogP contribution is 2.52. The fraction of sp³-hybridized carbons (Fsp3) is 0.500. The fourth-order valence-corrected chi connectivity index (χ4v) is 10.8. The number of carbonyl (C=O) groups excluding carboxylic acids is 4. The standard InChI is InChI=1S/C36H44N6O9S2/c1-35(2)25(33(47)48)41-29(45)23(31(41)52-35)39-27(43)21(18-12-8-6-9-13-18)37-16-20(51-5)17-38-22(19-14-10-7-11-15-19)28(44)40-24-30(46)42-26(34(49)50)36(3,4)53-32(24)42/h6-15,20-26,31-32,37-38H,16-17H2,1-5H3,(H,39,43)(H,40,44)(H,47,48)(H,49,50)/t20?,21?,22?,23-,24+,25?,26?,31-,32-/m1/s1. The molecule has 4 aliphatic rings. The third kappa shape index (κ3) is 7.24. The molecule has 4 aliphatic heterocycles. The van der Waals surface area contributed by atoms with Gasteiger partial charge in [-0.25, -0.2) is 9.59 Å². The van der Waals surface area contributed by atoms with Crippen LogP contribution >= 0.6 is 23.5 Å². The molecule has 6 N–H and O–H groups in total. The number of amides is 4. The van der Waals surface area contributed by atoms with E-state index in [9.17, 15) is 39.0 Å². The second-order valence-corrected chi connectivity index (χ2v) is 18.1. The van der Waals surface area contributed by atoms with E-state index < -0.39 is 98.2 Å². The molecule has 4 fully saturated rings. The molecule has 0 saturated carbocycles. The fourth-order valence-electron chi connectivity index (χ4n) is 7.52. The zero-order valence-electron chi connectivity index (χ0n) is 29.8. The van der Waals surface area contributed by atoms with Crippen molar-refractivity contribution in [3.05, 3.63) is 71.8 Å². The molecule has 4 amide bonds. The van der Waals surface area contributed by atoms with Gasteiger partial charge < -0.3 is 35.4 Å². The highest BCUT2D eigenvalue weighted by atomic mass is 32.2. The number of hydrogen-bond donors (Lipinski definition) is 6. The van der Waals surface area contributed by atoms with Gasteiger partial charge in [0.05, 0.1) is 6.10 Å². The Labute approximate surface area is 315 Å². The summed E-state index contributed by atoms with van der Waals surface area (Å²) in [6.07, 6.45) is -0.556. The number of carboxylic acids is 2. The van der Waals surface area contributed by atoms with Gasteiger partial charge in [0.1, 0.15) is 47.0 Å². The lowest BCUT2D eigenvalue weighted by Crippen LogP contribution is -2.71. The average Bonchev–Trinajstić information content (AvgIpc) is 3.54. The largest absolute Gasteiger partial charge is 0.480 e. The number of rotatable bonds is 15. The van der Waals surface area contributed by atoms with Crippen LogP contribution in [0, 0.1) is 0 Å². The van der Waals surface area contributed by atoms with Gasteiger partial charge in [-0.15, -0.1) is 23.5 Å². The Balaban J connectivity index is 1.11. The number of methoxy groups -OCH3 is 1. The minimum Gasteiger partial charge on any atom is -0.480 e. The second kappa shape index (κ2) is 14.9. The van der Waals surface area contributed by atoms with Crippen LogP contribution in [-0.2, 0) is 33.5 Å². The number of carboxylic acid groups (broad SMARTS) is 2. The van der Waals surface area contributed by atoms with Crippen LogP contribution in [0.5, 0.6) is 0 Å². The number of β-lactam (4-membered cyclic amide) rings is 2. The molecule has 2 aromatic rings. The number of benzene rings is 2. The SMILES string of the molecule is COC(CNC(C(=O)N[C@@H]1C(=O)N2C(C(=O)O)C(C)(C)S[C@H]12)c1ccccc1)CNC(C(=O)N[C@H]1C(=O)N2C(C(=O)O)C(C)(C)S[C@H]12)c1ccccc1. The van der Waals surface area contributed by atoms with Crippen molar-refractivity contribution in [1.82, 2.24) is 31.1 Å². The summed E-state index contributed by atoms with van der Waals surface area (Å²) in [5.41, 5.74) is 1.27. The molecule has 9 atom stereocenters. The van der Waals surface area contributed by atoms with Crippen LogP contribution in [0.25, 0.3) is 0 Å². The van der Waals surface area contributed by atoms with E-state index in [2.05, 4.69) is 21.3 Å². The van der Waals surface area contributed by atoms with E-state index in [1.54, 1.807) is 76.2 Å². The molecule has 15 nitrogen and oxygen atoms in total. The first-order chi connectivity index (χ1) is 25.1. The highest BCUT2D eigenvalue weighted by Gasteiger charge is 2.65. The monoisotopic (exact) mass is 768 g/mol. The maximum atomic E-state index is 13.8. The van der Waals surface area contributed by atoms with E-state index in [1.165, 1.54) is 40.4 Å². The predicted molar refractivity (Wildman–Crippen MR) is 196 cm³/mol. The summed E-state index contributed by atoms with van der Waals surface area (Å²) in [4.78, 5) is 80.4. The van der Waals surface area contributed by atoms with Crippen LogP contribution in [0.4, 0.5) is 0 Å². The Hall–Kier alpha value is -4.16. The maximum Gasteiger partial charge on any atom is 0.327 e. The molecule has 6 rings (SSSR count). The lowest BCUT2D eigenvalue weighted by molar-refractivity contribution is -0.161. The van der Waals surface area contributed by atoms with Crippen molar-refractivity contribution in [2.24, 2.45) is 0 Å². The average molecular weight is 769 g/mol. The molecule has 53 heavy (non-hydrogen) atoms. The minimum absolute atomic E-state index is 0.150. The summed E-state index contributed by atoms with van der Waals surface area (Å²) in [6, 6.07) is 12.4. The first-order valence-electron chi connectivity index (χ1n) is 17.2. The maximum absolute atomic E-state index is 13.8. The Morgan fingerprint density at radius 1 is 0.698 bits per heavy atom. The molecule has 4 heterocycles. The predicted octanol–water partition coefficient (Wildman–Crippen LogP) is 0.927. The van der Waals surface area contributed by atoms with Gasteiger partial charge in [-0.05, 0) is 38.8 Å². The van der Waals surface area contributed by atoms with Gasteiger partial charge in [-0.1, -0.05) is 60.7 Å². The van der Waals surface area contributed by atoms with Gasteiger partial charge in [0, 0.05) is 29.7 Å². The number of ether oxygens (including phenoxy) is 1. The highest BCUT2D eigenvalue weighted by molar-refractivity contribution is 8.02. The van der Waals surface area contributed by atoms with Crippen molar-refractivity contribution in [1.29, 1.82) is 0 Å². The van der Waals surface area contributed by atoms with Crippen molar-refractivity contribution in [3.8, 4) is 0 Å². The summed E-state index contributed by atoms with van der Waals surface area (Å²) in [6.45, 7) is 7.38. The third-order valence-electron chi connectivity index (χ3n) is 10.2. The normalized spacial score (nSPS) is 28.1. The van der Waals surface area contributed by atoms with E-state index in [0.29, 0.717) is 11.1 Å². The van der Waals surface area contributed by atoms with Crippen LogP contribution in [0.1, 0.15) is 50.9 Å². The number of carbonyl (C=O) groups is 6. The molecular weight excluding hydrogens is 725 g/mol. The van der Waals surface area contributed by atoms with Crippen LogP contribution in [-0.4, -0.2) is 126 Å². The molecule has 0 aromatic heterocycles. The van der Waals surface area contributed by atoms with E-state index in [-0.39, 0.29) is 13.1 Å². The quantitative estimate of drug-likeness (QED) is 0.140. The van der Waals surface area contributed by atoms with Gasteiger partial charge in [-0.3, -0.25) is 29.8 Å². The molecule has 17 heteroatoms. The van der Waals surface area contributed by atoms with E-state index in [0.717, 1.165) is 0 Å². The Kier molecular flexibility index (Phi) is 10.9. The lowest BCUT2D eigenvalue weighted by atomic mass is 9.95. The molecule has 0 aliphatic carbocycles. The van der Waals surface area contributed by atoms with Crippen LogP contribution < -0.4 is 21.3 Å². The van der Waals surface area contributed by atoms with Crippen LogP contribution in [0.2, 0.25) is 0 Å². The molecule has 5 unspecified atom stereocenters. The van der Waals surface area contributed by atoms with Crippen LogP contribution in [0.15, 0.2) is 60.7 Å². The molecule has 2 aromatic carbocycles. The molecule has 0 bridgehead atoms. The van der Waals surface area contributed by atoms with Crippen molar-refractivity contribution in [2.45, 2.75) is 90.3 Å². The Bertz CT molecular complexity index is 1640. The number of thioether (sulfide) groups is 2. The van der Waals surface area contributed by atoms with E-state index in [4.69, 9.17) is 4.74 Å². The zero-order chi connectivity index (χ0) is 38.4. The van der Waals surface area contributed by atoms with Gasteiger partial charge in [0.2, 0.25) is 23.6 Å². The number of nitrogens with one attached hydrogen (secondary N) is 4. The Morgan fingerprint density at radius 3 is 1.38 bits per heavy atom. The summed E-state index contributed by atoms with van der Waals surface area (Å²) < 4.78 is 4.27. The summed E-state index contributed by atoms with van der Waals surface area (Å²) >= 11 is 2.69. The van der Waals surface area contributed by atoms with Gasteiger partial charge in [0.15, 0.2) is 0 Å². The molecule has 0 spiro atoms. The van der Waals surface area contributed by atoms with Crippen molar-refractivity contribution in [3.63, 3.8) is 0 Å². The van der Waals surface area contributed by atoms with Gasteiger partial charge >= 0.3 is 11.9 Å². The van der Waals surface area contributed by atoms with Crippen LogP contribution in [0.3, 0.4) is 0 Å². The van der Waals surface area contributed by atoms with Gasteiger partial charge in [0.25, 0.3) is 0 Å². The van der Waals surface area contributed by atoms with Crippen molar-refractivity contribution in [2.75, 3.05) is 20.2 Å². The summed E-state index contributed by atoms with van der Waals surface area (Å²) in [5.74, 6) is -4.00. The minimum atomic E-state index is -1.09. The third-order valence-corrected chi connectivity index (χ3v) is 13.3. The molecule has 284 valence electrons. The number of aliphatic carboxylic acids is 2. The molecular formula is C36H44N6O9S2. The smallest absolute Gasteiger partial charge is 0.327 e. The zero-order valence-corrected chi connectivity index (χ0v) is 31.5. The summed E-state index contributed by atoms with van der Waals surface area (Å²) in [5, 5.41) is 30.7. The lowest BCUT2D eigenvalue weighted by Gasteiger charge is -2.44. The first-order valence-corrected chi connectivity index (χ1v) is 19.0. The number of nitrogens with zero attached hydrogens (tertiary/aromatic N) is 2. The number of hydrogen-bond acceptors (Lipinski definition) is 11. The Morgan fingerprint density at radius 2 is 1.06 bits per heavy atom. The first kappa shape index (κ1) is 38.6. The second-order valence-electron chi connectivity index (χ2n) is 14.5. The van der Waals surface area contributed by atoms with Crippen molar-refractivity contribution >= 4 is 59.1 Å². The van der Waals surface area contributed by atoms with Crippen molar-refractivity contribution < 1.29 is 43.7 Å². The summed E-state index contributed by atoms with van der Waals surface area (Å²) in [7, 11) is 1.50. The van der Waals surface area contributed by atoms with Gasteiger partial charge in [-0.2, -0.15) is 0 Å².